The number of rotatable bonds is 7. The summed E-state index contributed by atoms with van der Waals surface area (Å²) in [5.41, 5.74) is 2.70. The molecule has 110 valence electrons. The molecular formula is C15H15NO5. The third kappa shape index (κ3) is 3.42. The molecule has 1 aromatic rings. The molecule has 0 aromatic heterocycles. The van der Waals surface area contributed by atoms with E-state index in [1.54, 1.807) is 11.0 Å². The first-order valence-corrected chi connectivity index (χ1v) is 6.20. The lowest BCUT2D eigenvalue weighted by atomic mass is 10.0. The molecule has 2 rings (SSSR count). The molecule has 0 fully saturated rings. The van der Waals surface area contributed by atoms with E-state index in [4.69, 9.17) is 14.2 Å². The molecule has 21 heavy (non-hydrogen) atoms. The van der Waals surface area contributed by atoms with Crippen LogP contribution in [-0.4, -0.2) is 26.4 Å². The lowest BCUT2D eigenvalue weighted by molar-refractivity contribution is -0.130. The Labute approximate surface area is 122 Å². The summed E-state index contributed by atoms with van der Waals surface area (Å²) in [5.74, 6) is 1.21. The van der Waals surface area contributed by atoms with Gasteiger partial charge in [-0.05, 0) is 30.7 Å². The van der Waals surface area contributed by atoms with Crippen LogP contribution in [0.2, 0.25) is 0 Å². The Bertz CT molecular complexity index is 582. The number of hydrogen-bond donors (Lipinski definition) is 0. The van der Waals surface area contributed by atoms with Crippen molar-refractivity contribution in [2.24, 2.45) is 0 Å². The Hall–Kier alpha value is -2.76. The molecule has 1 heterocycles. The van der Waals surface area contributed by atoms with E-state index in [9.17, 15) is 9.59 Å². The summed E-state index contributed by atoms with van der Waals surface area (Å²) in [7, 11) is 0. The zero-order valence-electron chi connectivity index (χ0n) is 11.6. The average Bonchev–Trinajstić information content (AvgIpc) is 2.46. The van der Waals surface area contributed by atoms with Crippen molar-refractivity contribution in [2.45, 2.75) is 6.92 Å². The van der Waals surface area contributed by atoms with Crippen LogP contribution in [0, 0.1) is 0 Å². The summed E-state index contributed by atoms with van der Waals surface area (Å²) in [4.78, 5) is 22.2. The second kappa shape index (κ2) is 6.60. The number of carbonyl (C=O) groups excluding carboxylic acids is 2. The molecule has 1 aliphatic rings. The minimum Gasteiger partial charge on any atom is -0.457 e. The van der Waals surface area contributed by atoms with Gasteiger partial charge in [0.15, 0.2) is 13.5 Å². The van der Waals surface area contributed by atoms with Crippen molar-refractivity contribution >= 4 is 24.2 Å². The molecule has 0 unspecified atom stereocenters. The number of fused-ring (bicyclic) bond motifs is 1. The lowest BCUT2D eigenvalue weighted by Crippen LogP contribution is -2.28. The van der Waals surface area contributed by atoms with E-state index in [0.29, 0.717) is 30.1 Å². The largest absolute Gasteiger partial charge is 0.457 e. The highest BCUT2D eigenvalue weighted by atomic mass is 16.6. The van der Waals surface area contributed by atoms with Crippen LogP contribution in [0.3, 0.4) is 0 Å². The summed E-state index contributed by atoms with van der Waals surface area (Å²) >= 11 is 0. The van der Waals surface area contributed by atoms with E-state index in [2.05, 4.69) is 6.58 Å². The normalized spacial score (nSPS) is 12.6. The van der Waals surface area contributed by atoms with Gasteiger partial charge in [-0.15, -0.1) is 0 Å². The first-order chi connectivity index (χ1) is 10.2. The van der Waals surface area contributed by atoms with E-state index in [1.165, 1.54) is 0 Å². The predicted molar refractivity (Wildman–Crippen MR) is 76.4 cm³/mol. The number of hydrogen-bond acceptors (Lipinski definition) is 6. The van der Waals surface area contributed by atoms with Crippen LogP contribution < -0.4 is 9.64 Å². The topological polar surface area (TPSA) is 65.1 Å². The van der Waals surface area contributed by atoms with Gasteiger partial charge in [0.05, 0.1) is 0 Å². The molecule has 1 aromatic carbocycles. The van der Waals surface area contributed by atoms with E-state index in [0.717, 1.165) is 11.1 Å². The number of carbonyl (C=O) groups is 2. The number of allylic oxidation sites excluding steroid dienone is 2. The molecule has 0 saturated heterocycles. The van der Waals surface area contributed by atoms with Crippen molar-refractivity contribution in [1.29, 1.82) is 0 Å². The molecule has 0 bridgehead atoms. The number of anilines is 1. The van der Waals surface area contributed by atoms with Crippen LogP contribution in [0.4, 0.5) is 5.69 Å². The Morgan fingerprint density at radius 1 is 1.24 bits per heavy atom. The van der Waals surface area contributed by atoms with Crippen molar-refractivity contribution in [3.63, 3.8) is 0 Å². The standard InChI is InChI=1S/C15H15NO5/c1-11-5-12(2)21-15-6-13(3-4-14(11)15)16(7-19-9-17)8-20-10-18/h3-6,9-10H,2,7-8H2,1H3. The maximum Gasteiger partial charge on any atom is 0.294 e. The molecular weight excluding hydrogens is 274 g/mol. The Morgan fingerprint density at radius 3 is 2.52 bits per heavy atom. The van der Waals surface area contributed by atoms with E-state index in [-0.39, 0.29) is 13.5 Å². The highest BCUT2D eigenvalue weighted by Gasteiger charge is 2.16. The van der Waals surface area contributed by atoms with Gasteiger partial charge in [-0.2, -0.15) is 0 Å². The molecule has 0 saturated carbocycles. The van der Waals surface area contributed by atoms with Gasteiger partial charge in [0.25, 0.3) is 12.9 Å². The second-order valence-corrected chi connectivity index (χ2v) is 4.40. The summed E-state index contributed by atoms with van der Waals surface area (Å²) in [6.07, 6.45) is 1.85. The highest BCUT2D eigenvalue weighted by Crippen LogP contribution is 2.35. The average molecular weight is 289 g/mol. The zero-order chi connectivity index (χ0) is 15.2. The first kappa shape index (κ1) is 14.6. The molecule has 0 N–H and O–H groups in total. The fraction of sp³-hybridized carbons (Fsp3) is 0.200. The van der Waals surface area contributed by atoms with Crippen molar-refractivity contribution in [1.82, 2.24) is 0 Å². The highest BCUT2D eigenvalue weighted by molar-refractivity contribution is 5.75. The molecule has 0 radical (unpaired) electrons. The molecule has 6 nitrogen and oxygen atoms in total. The van der Waals surface area contributed by atoms with Crippen LogP contribution in [0.5, 0.6) is 5.75 Å². The summed E-state index contributed by atoms with van der Waals surface area (Å²) < 4.78 is 15.0. The smallest absolute Gasteiger partial charge is 0.294 e. The number of benzene rings is 1. The van der Waals surface area contributed by atoms with Gasteiger partial charge in [-0.3, -0.25) is 9.59 Å². The maximum atomic E-state index is 10.3. The molecule has 0 aliphatic carbocycles. The van der Waals surface area contributed by atoms with Gasteiger partial charge >= 0.3 is 0 Å². The van der Waals surface area contributed by atoms with Crippen molar-refractivity contribution in [3.05, 3.63) is 42.2 Å². The summed E-state index contributed by atoms with van der Waals surface area (Å²) in [6.45, 7) is 6.34. The quantitative estimate of drug-likeness (QED) is 0.565. The predicted octanol–water partition coefficient (Wildman–Crippen LogP) is 2.06. The second-order valence-electron chi connectivity index (χ2n) is 4.40. The van der Waals surface area contributed by atoms with E-state index in [1.807, 2.05) is 25.1 Å². The van der Waals surface area contributed by atoms with Gasteiger partial charge in [0, 0.05) is 17.3 Å². The molecule has 6 heteroatoms. The summed E-state index contributed by atoms with van der Waals surface area (Å²) in [6, 6.07) is 5.49. The third-order valence-electron chi connectivity index (χ3n) is 2.97. The lowest BCUT2D eigenvalue weighted by Gasteiger charge is -2.24. The SMILES string of the molecule is C=C1C=C(C)c2ccc(N(COC=O)COC=O)cc2O1. The van der Waals surface area contributed by atoms with Gasteiger partial charge < -0.3 is 19.1 Å². The van der Waals surface area contributed by atoms with Crippen LogP contribution in [-0.2, 0) is 19.1 Å². The molecule has 0 spiro atoms. The van der Waals surface area contributed by atoms with E-state index >= 15 is 0 Å². The Kier molecular flexibility index (Phi) is 4.61. The van der Waals surface area contributed by atoms with Gasteiger partial charge in [-0.1, -0.05) is 6.58 Å². The Balaban J connectivity index is 2.27. The minimum atomic E-state index is -0.0358. The maximum absolute atomic E-state index is 10.3. The van der Waals surface area contributed by atoms with Gasteiger partial charge in [0.1, 0.15) is 11.5 Å². The van der Waals surface area contributed by atoms with Crippen molar-refractivity contribution in [3.8, 4) is 5.75 Å². The van der Waals surface area contributed by atoms with Crippen LogP contribution in [0.1, 0.15) is 12.5 Å². The van der Waals surface area contributed by atoms with E-state index < -0.39 is 0 Å². The van der Waals surface area contributed by atoms with Crippen LogP contribution >= 0.6 is 0 Å². The summed E-state index contributed by atoms with van der Waals surface area (Å²) in [5, 5.41) is 0. The molecule has 1 aliphatic heterocycles. The van der Waals surface area contributed by atoms with Crippen LogP contribution in [0.15, 0.2) is 36.6 Å². The van der Waals surface area contributed by atoms with Crippen molar-refractivity contribution < 1.29 is 23.8 Å². The fourth-order valence-electron chi connectivity index (χ4n) is 2.04. The minimum absolute atomic E-state index is 0.0358. The number of ether oxygens (including phenoxy) is 3. The third-order valence-corrected chi connectivity index (χ3v) is 2.97. The fourth-order valence-corrected chi connectivity index (χ4v) is 2.04. The Morgan fingerprint density at radius 2 is 1.90 bits per heavy atom. The zero-order valence-corrected chi connectivity index (χ0v) is 11.6. The van der Waals surface area contributed by atoms with Gasteiger partial charge in [-0.25, -0.2) is 0 Å². The monoisotopic (exact) mass is 289 g/mol. The number of nitrogens with zero attached hydrogens (tertiary/aromatic N) is 1. The van der Waals surface area contributed by atoms with Crippen LogP contribution in [0.25, 0.3) is 5.57 Å². The van der Waals surface area contributed by atoms with Gasteiger partial charge in [0.2, 0.25) is 0 Å². The van der Waals surface area contributed by atoms with Crippen molar-refractivity contribution in [2.75, 3.05) is 18.4 Å². The first-order valence-electron chi connectivity index (χ1n) is 6.20. The molecule has 0 atom stereocenters. The molecule has 0 amide bonds.